The number of carbonyl (C=O) groups excluding carboxylic acids is 3. The van der Waals surface area contributed by atoms with Gasteiger partial charge >= 0.3 is 0 Å². The molecule has 0 fully saturated rings. The summed E-state index contributed by atoms with van der Waals surface area (Å²) in [5, 5.41) is 5.76. The largest absolute Gasteiger partial charge is 0.454 e. The summed E-state index contributed by atoms with van der Waals surface area (Å²) in [7, 11) is 0. The summed E-state index contributed by atoms with van der Waals surface area (Å²) >= 11 is 0. The molecule has 2 aliphatic heterocycles. The molecule has 0 saturated carbocycles. The first kappa shape index (κ1) is 23.5. The summed E-state index contributed by atoms with van der Waals surface area (Å²) in [5.74, 6) is 0.655. The molecule has 180 valence electrons. The number of pyridine rings is 1. The molecule has 2 aromatic rings. The summed E-state index contributed by atoms with van der Waals surface area (Å²) in [6.07, 6.45) is 2.46. The molecule has 1 atom stereocenters. The summed E-state index contributed by atoms with van der Waals surface area (Å²) in [4.78, 5) is 43.7. The van der Waals surface area contributed by atoms with E-state index in [1.807, 2.05) is 20.8 Å². The highest BCUT2D eigenvalue weighted by molar-refractivity contribution is 5.95. The Morgan fingerprint density at radius 3 is 2.68 bits per heavy atom. The Bertz CT molecular complexity index is 1130. The quantitative estimate of drug-likeness (QED) is 0.675. The second-order valence-corrected chi connectivity index (χ2v) is 9.01. The molecule has 34 heavy (non-hydrogen) atoms. The Morgan fingerprint density at radius 2 is 1.94 bits per heavy atom. The smallest absolute Gasteiger partial charge is 0.251 e. The lowest BCUT2D eigenvalue weighted by Crippen LogP contribution is -2.51. The summed E-state index contributed by atoms with van der Waals surface area (Å²) in [6, 6.07) is 4.55. The number of hydrogen-bond acceptors (Lipinski definition) is 6. The van der Waals surface area contributed by atoms with Gasteiger partial charge in [-0.05, 0) is 54.2 Å². The third-order valence-corrected chi connectivity index (χ3v) is 6.26. The van der Waals surface area contributed by atoms with Gasteiger partial charge in [-0.1, -0.05) is 13.8 Å². The van der Waals surface area contributed by atoms with E-state index in [2.05, 4.69) is 15.6 Å². The monoisotopic (exact) mass is 466 g/mol. The topological polar surface area (TPSA) is 110 Å². The zero-order valence-electron chi connectivity index (χ0n) is 19.9. The number of fused-ring (bicyclic) bond motifs is 2. The lowest BCUT2D eigenvalue weighted by molar-refractivity contribution is -0.138. The van der Waals surface area contributed by atoms with Crippen LogP contribution in [0.3, 0.4) is 0 Å². The Labute approximate surface area is 198 Å². The van der Waals surface area contributed by atoms with E-state index in [0.717, 1.165) is 22.4 Å². The predicted molar refractivity (Wildman–Crippen MR) is 124 cm³/mol. The molecule has 1 aromatic carbocycles. The van der Waals surface area contributed by atoms with Crippen LogP contribution in [-0.2, 0) is 29.1 Å². The van der Waals surface area contributed by atoms with Gasteiger partial charge in [0.15, 0.2) is 11.5 Å². The SMILES string of the molecule is CC(=O)N[C@H](C(=O)N1CCc2c(cnc(C)c2CNC(=O)c2ccc3c(c2)OCO3)C1)C(C)C. The number of ether oxygens (including phenoxy) is 2. The summed E-state index contributed by atoms with van der Waals surface area (Å²) in [6.45, 7) is 8.64. The molecule has 0 saturated heterocycles. The van der Waals surface area contributed by atoms with Gasteiger partial charge in [0.25, 0.3) is 5.91 Å². The Morgan fingerprint density at radius 1 is 1.18 bits per heavy atom. The fraction of sp³-hybridized carbons (Fsp3) is 0.440. The minimum absolute atomic E-state index is 0.0177. The number of carbonyl (C=O) groups is 3. The van der Waals surface area contributed by atoms with Crippen molar-refractivity contribution in [2.45, 2.75) is 53.2 Å². The second kappa shape index (κ2) is 9.70. The highest BCUT2D eigenvalue weighted by Gasteiger charge is 2.31. The van der Waals surface area contributed by atoms with Crippen molar-refractivity contribution in [1.82, 2.24) is 20.5 Å². The third-order valence-electron chi connectivity index (χ3n) is 6.26. The van der Waals surface area contributed by atoms with Crippen LogP contribution in [0.15, 0.2) is 24.4 Å². The van der Waals surface area contributed by atoms with E-state index in [1.54, 1.807) is 29.3 Å². The van der Waals surface area contributed by atoms with Crippen molar-refractivity contribution in [1.29, 1.82) is 0 Å². The average Bonchev–Trinajstić information content (AvgIpc) is 3.28. The molecule has 9 heteroatoms. The molecule has 0 unspecified atom stereocenters. The molecule has 0 radical (unpaired) electrons. The number of nitrogens with one attached hydrogen (secondary N) is 2. The van der Waals surface area contributed by atoms with E-state index in [0.29, 0.717) is 43.1 Å². The van der Waals surface area contributed by atoms with Crippen molar-refractivity contribution in [2.75, 3.05) is 13.3 Å². The van der Waals surface area contributed by atoms with Gasteiger partial charge in [-0.3, -0.25) is 19.4 Å². The van der Waals surface area contributed by atoms with Crippen LogP contribution < -0.4 is 20.1 Å². The highest BCUT2D eigenvalue weighted by Crippen LogP contribution is 2.32. The minimum Gasteiger partial charge on any atom is -0.454 e. The maximum absolute atomic E-state index is 13.1. The van der Waals surface area contributed by atoms with Crippen LogP contribution in [0.1, 0.15) is 53.5 Å². The van der Waals surface area contributed by atoms with E-state index >= 15 is 0 Å². The standard InChI is InChI=1S/C25H30N4O5/c1-14(2)23(28-16(4)30)25(32)29-8-7-19-18(12-29)10-26-15(3)20(19)11-27-24(31)17-5-6-21-22(9-17)34-13-33-21/h5-6,9-10,14,23H,7-8,11-13H2,1-4H3,(H,27,31)(H,28,30)/t23-/m0/s1. The minimum atomic E-state index is -0.557. The van der Waals surface area contributed by atoms with E-state index in [4.69, 9.17) is 9.47 Å². The van der Waals surface area contributed by atoms with Gasteiger partial charge in [-0.15, -0.1) is 0 Å². The van der Waals surface area contributed by atoms with Crippen LogP contribution in [0.4, 0.5) is 0 Å². The number of benzene rings is 1. The van der Waals surface area contributed by atoms with Crippen molar-refractivity contribution < 1.29 is 23.9 Å². The number of rotatable bonds is 6. The van der Waals surface area contributed by atoms with E-state index in [1.165, 1.54) is 6.92 Å². The lowest BCUT2D eigenvalue weighted by Gasteiger charge is -2.34. The molecular formula is C25H30N4O5. The summed E-state index contributed by atoms with van der Waals surface area (Å²) < 4.78 is 10.7. The van der Waals surface area contributed by atoms with Crippen LogP contribution in [0.25, 0.3) is 0 Å². The first-order valence-corrected chi connectivity index (χ1v) is 11.4. The molecule has 4 rings (SSSR count). The van der Waals surface area contributed by atoms with Gasteiger partial charge < -0.3 is 25.0 Å². The van der Waals surface area contributed by atoms with Gasteiger partial charge in [-0.25, -0.2) is 0 Å². The van der Waals surface area contributed by atoms with Crippen LogP contribution in [0, 0.1) is 12.8 Å². The van der Waals surface area contributed by atoms with Gasteiger partial charge in [0.2, 0.25) is 18.6 Å². The van der Waals surface area contributed by atoms with Crippen LogP contribution in [0.2, 0.25) is 0 Å². The number of nitrogens with zero attached hydrogens (tertiary/aromatic N) is 2. The first-order chi connectivity index (χ1) is 16.2. The fourth-order valence-electron chi connectivity index (χ4n) is 4.38. The van der Waals surface area contributed by atoms with E-state index in [-0.39, 0.29) is 30.4 Å². The molecule has 0 spiro atoms. The zero-order valence-corrected chi connectivity index (χ0v) is 19.9. The second-order valence-electron chi connectivity index (χ2n) is 9.01. The highest BCUT2D eigenvalue weighted by atomic mass is 16.7. The van der Waals surface area contributed by atoms with Crippen molar-refractivity contribution in [3.05, 3.63) is 52.3 Å². The maximum atomic E-state index is 13.1. The van der Waals surface area contributed by atoms with Crippen molar-refractivity contribution in [2.24, 2.45) is 5.92 Å². The van der Waals surface area contributed by atoms with Crippen molar-refractivity contribution in [3.8, 4) is 11.5 Å². The Kier molecular flexibility index (Phi) is 6.72. The fourth-order valence-corrected chi connectivity index (χ4v) is 4.38. The van der Waals surface area contributed by atoms with E-state index in [9.17, 15) is 14.4 Å². The zero-order chi connectivity index (χ0) is 24.4. The number of aryl methyl sites for hydroxylation is 1. The molecule has 2 aliphatic rings. The Hall–Kier alpha value is -3.62. The number of hydrogen-bond donors (Lipinski definition) is 2. The van der Waals surface area contributed by atoms with Gasteiger partial charge in [0.05, 0.1) is 0 Å². The van der Waals surface area contributed by atoms with Gasteiger partial charge in [0, 0.05) is 44.0 Å². The Balaban J connectivity index is 1.47. The van der Waals surface area contributed by atoms with Crippen molar-refractivity contribution >= 4 is 17.7 Å². The van der Waals surface area contributed by atoms with Gasteiger partial charge in [0.1, 0.15) is 6.04 Å². The molecule has 3 amide bonds. The van der Waals surface area contributed by atoms with Gasteiger partial charge in [-0.2, -0.15) is 0 Å². The molecule has 2 N–H and O–H groups in total. The lowest BCUT2D eigenvalue weighted by atomic mass is 9.93. The van der Waals surface area contributed by atoms with Crippen LogP contribution in [-0.4, -0.2) is 47.0 Å². The van der Waals surface area contributed by atoms with Crippen LogP contribution >= 0.6 is 0 Å². The third kappa shape index (κ3) is 4.83. The predicted octanol–water partition coefficient (Wildman–Crippen LogP) is 2.09. The molecular weight excluding hydrogens is 436 g/mol. The molecule has 0 aliphatic carbocycles. The summed E-state index contributed by atoms with van der Waals surface area (Å²) in [5.41, 5.74) is 4.39. The van der Waals surface area contributed by atoms with Crippen molar-refractivity contribution in [3.63, 3.8) is 0 Å². The normalized spacial score (nSPS) is 15.0. The molecule has 0 bridgehead atoms. The van der Waals surface area contributed by atoms with Crippen LogP contribution in [0.5, 0.6) is 11.5 Å². The maximum Gasteiger partial charge on any atom is 0.251 e. The molecule has 1 aromatic heterocycles. The first-order valence-electron chi connectivity index (χ1n) is 11.4. The molecule has 3 heterocycles. The number of amides is 3. The average molecular weight is 467 g/mol. The molecule has 9 nitrogen and oxygen atoms in total. The van der Waals surface area contributed by atoms with E-state index < -0.39 is 6.04 Å². The number of aromatic nitrogens is 1.